The summed E-state index contributed by atoms with van der Waals surface area (Å²) in [6.07, 6.45) is 3.04. The zero-order valence-electron chi connectivity index (χ0n) is 11.8. The molecule has 0 radical (unpaired) electrons. The van der Waals surface area contributed by atoms with E-state index in [-0.39, 0.29) is 11.6 Å². The van der Waals surface area contributed by atoms with Crippen molar-refractivity contribution in [3.63, 3.8) is 0 Å². The molecule has 0 atom stereocenters. The molecule has 7 heteroatoms. The minimum Gasteiger partial charge on any atom is -0.348 e. The Morgan fingerprint density at radius 3 is 3.00 bits per heavy atom. The average Bonchev–Trinajstić information content (AvgIpc) is 2.96. The molecule has 114 valence electrons. The summed E-state index contributed by atoms with van der Waals surface area (Å²) in [5.41, 5.74) is 1.26. The van der Waals surface area contributed by atoms with Gasteiger partial charge in [-0.2, -0.15) is 0 Å². The third kappa shape index (κ3) is 3.15. The van der Waals surface area contributed by atoms with Crippen LogP contribution in [0.25, 0.3) is 10.1 Å². The van der Waals surface area contributed by atoms with Crippen LogP contribution >= 0.6 is 11.3 Å². The van der Waals surface area contributed by atoms with E-state index in [1.165, 1.54) is 29.0 Å². The number of nitrogens with zero attached hydrogens (tertiary/aromatic N) is 1. The fourth-order valence-corrected chi connectivity index (χ4v) is 3.33. The lowest BCUT2D eigenvalue weighted by atomic mass is 10.1. The molecule has 0 fully saturated rings. The number of fused-ring (bicyclic) bond motifs is 1. The first kappa shape index (κ1) is 14.7. The highest BCUT2D eigenvalue weighted by atomic mass is 32.1. The molecular weight excluding hydrogens is 302 g/mol. The zero-order valence-corrected chi connectivity index (χ0v) is 12.6. The predicted molar refractivity (Wildman–Crippen MR) is 86.4 cm³/mol. The lowest BCUT2D eigenvalue weighted by molar-refractivity contribution is -0.384. The first-order valence-electron chi connectivity index (χ1n) is 6.98. The molecule has 1 aromatic heterocycles. The summed E-state index contributed by atoms with van der Waals surface area (Å²) in [7, 11) is 0. The van der Waals surface area contributed by atoms with Gasteiger partial charge in [0.2, 0.25) is 0 Å². The molecule has 0 saturated heterocycles. The second-order valence-electron chi connectivity index (χ2n) is 5.09. The van der Waals surface area contributed by atoms with Crippen molar-refractivity contribution in [2.75, 3.05) is 19.6 Å². The van der Waals surface area contributed by atoms with E-state index in [2.05, 4.69) is 16.7 Å². The topological polar surface area (TPSA) is 84.3 Å². The molecule has 0 spiro atoms. The molecule has 2 aromatic rings. The smallest absolute Gasteiger partial charge is 0.270 e. The van der Waals surface area contributed by atoms with Gasteiger partial charge < -0.3 is 10.6 Å². The van der Waals surface area contributed by atoms with E-state index in [0.717, 1.165) is 29.6 Å². The molecule has 0 bridgehead atoms. The Morgan fingerprint density at radius 2 is 2.27 bits per heavy atom. The molecule has 1 aliphatic heterocycles. The van der Waals surface area contributed by atoms with Crippen molar-refractivity contribution in [2.24, 2.45) is 0 Å². The van der Waals surface area contributed by atoms with Gasteiger partial charge in [0, 0.05) is 35.3 Å². The lowest BCUT2D eigenvalue weighted by Gasteiger charge is -2.14. The molecule has 2 N–H and O–H groups in total. The maximum Gasteiger partial charge on any atom is 0.270 e. The van der Waals surface area contributed by atoms with E-state index < -0.39 is 4.92 Å². The fourth-order valence-electron chi connectivity index (χ4n) is 2.37. The Balaban J connectivity index is 1.73. The van der Waals surface area contributed by atoms with E-state index in [4.69, 9.17) is 0 Å². The average molecular weight is 317 g/mol. The third-order valence-electron chi connectivity index (χ3n) is 3.57. The minimum atomic E-state index is -0.430. The van der Waals surface area contributed by atoms with Crippen LogP contribution in [0, 0.1) is 10.1 Å². The maximum atomic E-state index is 12.2. The van der Waals surface area contributed by atoms with Gasteiger partial charge in [-0.3, -0.25) is 14.9 Å². The van der Waals surface area contributed by atoms with Gasteiger partial charge in [-0.15, -0.1) is 11.3 Å². The quantitative estimate of drug-likeness (QED) is 0.515. The number of carbonyl (C=O) groups excluding carboxylic acids is 1. The van der Waals surface area contributed by atoms with Crippen molar-refractivity contribution in [3.8, 4) is 0 Å². The van der Waals surface area contributed by atoms with Gasteiger partial charge in [0.25, 0.3) is 11.6 Å². The Hall–Kier alpha value is -2.25. The van der Waals surface area contributed by atoms with Crippen LogP contribution in [0.5, 0.6) is 0 Å². The monoisotopic (exact) mass is 317 g/mol. The van der Waals surface area contributed by atoms with Gasteiger partial charge in [-0.05, 0) is 25.1 Å². The molecule has 3 rings (SSSR count). The predicted octanol–water partition coefficient (Wildman–Crippen LogP) is 2.46. The van der Waals surface area contributed by atoms with Crippen LogP contribution < -0.4 is 10.6 Å². The largest absolute Gasteiger partial charge is 0.348 e. The normalized spacial score (nSPS) is 14.6. The van der Waals surface area contributed by atoms with Crippen molar-refractivity contribution < 1.29 is 9.72 Å². The zero-order chi connectivity index (χ0) is 15.5. The Bertz CT molecular complexity index is 766. The number of nitro groups is 1. The summed E-state index contributed by atoms with van der Waals surface area (Å²) >= 11 is 1.35. The number of benzene rings is 1. The fraction of sp³-hybridized carbons (Fsp3) is 0.267. The molecule has 2 heterocycles. The van der Waals surface area contributed by atoms with Gasteiger partial charge in [-0.25, -0.2) is 0 Å². The van der Waals surface area contributed by atoms with Crippen molar-refractivity contribution in [3.05, 3.63) is 50.9 Å². The Kier molecular flexibility index (Phi) is 4.17. The van der Waals surface area contributed by atoms with E-state index in [1.807, 2.05) is 0 Å². The van der Waals surface area contributed by atoms with Gasteiger partial charge >= 0.3 is 0 Å². The summed E-state index contributed by atoms with van der Waals surface area (Å²) in [4.78, 5) is 23.1. The molecule has 1 aromatic carbocycles. The highest BCUT2D eigenvalue weighted by molar-refractivity contribution is 7.20. The van der Waals surface area contributed by atoms with E-state index in [1.54, 1.807) is 12.1 Å². The number of rotatable bonds is 4. The number of nitro benzene ring substituents is 1. The molecule has 22 heavy (non-hydrogen) atoms. The van der Waals surface area contributed by atoms with E-state index in [9.17, 15) is 14.9 Å². The minimum absolute atomic E-state index is 0.0390. The Labute approximate surface area is 131 Å². The second-order valence-corrected chi connectivity index (χ2v) is 6.17. The third-order valence-corrected chi connectivity index (χ3v) is 4.68. The van der Waals surface area contributed by atoms with Crippen molar-refractivity contribution in [1.82, 2.24) is 10.6 Å². The molecule has 0 saturated carbocycles. The molecule has 6 nitrogen and oxygen atoms in total. The number of carbonyl (C=O) groups is 1. The molecule has 1 amide bonds. The van der Waals surface area contributed by atoms with Gasteiger partial charge in [0.05, 0.1) is 9.80 Å². The summed E-state index contributed by atoms with van der Waals surface area (Å²) in [5.74, 6) is -0.136. The molecule has 0 unspecified atom stereocenters. The van der Waals surface area contributed by atoms with Crippen LogP contribution in [-0.4, -0.2) is 30.5 Å². The first-order valence-corrected chi connectivity index (χ1v) is 7.80. The highest BCUT2D eigenvalue weighted by Crippen LogP contribution is 2.28. The number of hydrogen-bond donors (Lipinski definition) is 2. The van der Waals surface area contributed by atoms with Crippen LogP contribution in [0.4, 0.5) is 5.69 Å². The maximum absolute atomic E-state index is 12.2. The summed E-state index contributed by atoms with van der Waals surface area (Å²) in [5, 5.41) is 17.6. The second kappa shape index (κ2) is 6.25. The summed E-state index contributed by atoms with van der Waals surface area (Å²) in [6, 6.07) is 6.35. The standard InChI is InChI=1S/C15H15N3O3S/c19-15(17-9-10-3-5-16-6-4-10)14-8-11-7-12(18(20)21)1-2-13(11)22-14/h1-3,7-8,16H,4-6,9H2,(H,17,19). The van der Waals surface area contributed by atoms with Crippen molar-refractivity contribution in [1.29, 1.82) is 0 Å². The first-order chi connectivity index (χ1) is 10.6. The van der Waals surface area contributed by atoms with Crippen LogP contribution in [0.15, 0.2) is 35.9 Å². The highest BCUT2D eigenvalue weighted by Gasteiger charge is 2.13. The number of amides is 1. The van der Waals surface area contributed by atoms with Gasteiger partial charge in [0.15, 0.2) is 0 Å². The van der Waals surface area contributed by atoms with Crippen LogP contribution in [-0.2, 0) is 0 Å². The Morgan fingerprint density at radius 1 is 1.41 bits per heavy atom. The van der Waals surface area contributed by atoms with Gasteiger partial charge in [-0.1, -0.05) is 11.6 Å². The summed E-state index contributed by atoms with van der Waals surface area (Å²) < 4.78 is 0.872. The SMILES string of the molecule is O=C(NCC1=CCNCC1)c1cc2cc([N+](=O)[O-])ccc2s1. The number of non-ortho nitro benzene ring substituents is 1. The molecular formula is C15H15N3O3S. The number of nitrogens with one attached hydrogen (secondary N) is 2. The molecule has 0 aliphatic carbocycles. The number of thiophene rings is 1. The van der Waals surface area contributed by atoms with Gasteiger partial charge in [0.1, 0.15) is 0 Å². The van der Waals surface area contributed by atoms with E-state index in [0.29, 0.717) is 11.4 Å². The molecule has 1 aliphatic rings. The van der Waals surface area contributed by atoms with Crippen LogP contribution in [0.1, 0.15) is 16.1 Å². The van der Waals surface area contributed by atoms with E-state index >= 15 is 0 Å². The van der Waals surface area contributed by atoms with Crippen LogP contribution in [0.2, 0.25) is 0 Å². The van der Waals surface area contributed by atoms with Crippen LogP contribution in [0.3, 0.4) is 0 Å². The van der Waals surface area contributed by atoms with Crippen molar-refractivity contribution >= 4 is 33.0 Å². The van der Waals surface area contributed by atoms with Crippen molar-refractivity contribution in [2.45, 2.75) is 6.42 Å². The summed E-state index contributed by atoms with van der Waals surface area (Å²) in [6.45, 7) is 2.33. The number of hydrogen-bond acceptors (Lipinski definition) is 5. The lowest BCUT2D eigenvalue weighted by Crippen LogP contribution is -2.29.